The van der Waals surface area contributed by atoms with Gasteiger partial charge in [0.15, 0.2) is 0 Å². The molecular formula is C17H19N3O4. The molecule has 1 amide bonds. The smallest absolute Gasteiger partial charge is 0.271 e. The van der Waals surface area contributed by atoms with Crippen LogP contribution in [0.4, 0.5) is 17.1 Å². The number of hydrogen-bond donors (Lipinski definition) is 2. The molecular weight excluding hydrogens is 310 g/mol. The van der Waals surface area contributed by atoms with Gasteiger partial charge in [-0.25, -0.2) is 0 Å². The number of aliphatic hydroxyl groups excluding tert-OH is 1. The molecule has 126 valence electrons. The lowest BCUT2D eigenvalue weighted by atomic mass is 10.2. The van der Waals surface area contributed by atoms with Crippen molar-refractivity contribution < 1.29 is 14.8 Å². The van der Waals surface area contributed by atoms with E-state index < -0.39 is 4.92 Å². The van der Waals surface area contributed by atoms with Gasteiger partial charge in [0.1, 0.15) is 0 Å². The first-order valence-corrected chi connectivity index (χ1v) is 7.47. The molecule has 7 heteroatoms. The molecule has 0 fully saturated rings. The van der Waals surface area contributed by atoms with Crippen molar-refractivity contribution in [2.45, 2.75) is 6.92 Å². The molecule has 2 aromatic carbocycles. The van der Waals surface area contributed by atoms with Gasteiger partial charge in [-0.05, 0) is 24.6 Å². The third-order valence-corrected chi connectivity index (χ3v) is 3.53. The Morgan fingerprint density at radius 3 is 2.58 bits per heavy atom. The van der Waals surface area contributed by atoms with E-state index in [1.54, 1.807) is 17.9 Å². The second-order valence-corrected chi connectivity index (χ2v) is 5.29. The molecule has 24 heavy (non-hydrogen) atoms. The van der Waals surface area contributed by atoms with Crippen LogP contribution in [0.3, 0.4) is 0 Å². The lowest BCUT2D eigenvalue weighted by Gasteiger charge is -2.23. The van der Waals surface area contributed by atoms with Crippen LogP contribution < -0.4 is 10.2 Å². The molecule has 0 radical (unpaired) electrons. The summed E-state index contributed by atoms with van der Waals surface area (Å²) in [5, 5.41) is 22.7. The first-order chi connectivity index (χ1) is 11.5. The number of non-ortho nitro benzene ring substituents is 1. The van der Waals surface area contributed by atoms with Crippen molar-refractivity contribution in [1.82, 2.24) is 0 Å². The zero-order chi connectivity index (χ0) is 17.5. The van der Waals surface area contributed by atoms with Gasteiger partial charge in [-0.1, -0.05) is 24.3 Å². The largest absolute Gasteiger partial charge is 0.395 e. The van der Waals surface area contributed by atoms with Crippen LogP contribution in [0, 0.1) is 17.0 Å². The molecule has 7 nitrogen and oxygen atoms in total. The Bertz CT molecular complexity index is 719. The number of nitro groups is 1. The topological polar surface area (TPSA) is 95.7 Å². The van der Waals surface area contributed by atoms with E-state index in [4.69, 9.17) is 0 Å². The summed E-state index contributed by atoms with van der Waals surface area (Å²) in [6.45, 7) is 2.03. The van der Waals surface area contributed by atoms with Gasteiger partial charge in [-0.2, -0.15) is 0 Å². The Hall–Kier alpha value is -2.93. The Morgan fingerprint density at radius 2 is 1.96 bits per heavy atom. The summed E-state index contributed by atoms with van der Waals surface area (Å²) >= 11 is 0. The van der Waals surface area contributed by atoms with Crippen molar-refractivity contribution in [2.75, 3.05) is 29.9 Å². The number of aliphatic hydroxyl groups is 1. The zero-order valence-corrected chi connectivity index (χ0v) is 13.3. The lowest BCUT2D eigenvalue weighted by Crippen LogP contribution is -2.35. The number of anilines is 2. The minimum absolute atomic E-state index is 0.0344. The summed E-state index contributed by atoms with van der Waals surface area (Å²) in [7, 11) is 0. The average Bonchev–Trinajstić information content (AvgIpc) is 2.57. The predicted molar refractivity (Wildman–Crippen MR) is 92.2 cm³/mol. The van der Waals surface area contributed by atoms with E-state index in [2.05, 4.69) is 5.32 Å². The van der Waals surface area contributed by atoms with E-state index in [-0.39, 0.29) is 24.7 Å². The number of benzene rings is 2. The number of hydrogen-bond acceptors (Lipinski definition) is 5. The zero-order valence-electron chi connectivity index (χ0n) is 13.3. The monoisotopic (exact) mass is 329 g/mol. The molecule has 0 aliphatic rings. The van der Waals surface area contributed by atoms with Crippen LogP contribution in [0.15, 0.2) is 48.5 Å². The van der Waals surface area contributed by atoms with Crippen molar-refractivity contribution in [1.29, 1.82) is 0 Å². The summed E-state index contributed by atoms with van der Waals surface area (Å²) < 4.78 is 0. The quantitative estimate of drug-likeness (QED) is 0.600. The Balaban J connectivity index is 2.11. The van der Waals surface area contributed by atoms with Crippen molar-refractivity contribution in [3.63, 3.8) is 0 Å². The van der Waals surface area contributed by atoms with E-state index in [0.717, 1.165) is 11.3 Å². The standard InChI is InChI=1S/C17H19N3O4/c1-13-7-8-15(20(23)24)11-16(13)18-17(22)12-19(9-10-21)14-5-3-2-4-6-14/h2-8,11,21H,9-10,12H2,1H3,(H,18,22). The number of para-hydroxylation sites is 1. The molecule has 2 rings (SSSR count). The van der Waals surface area contributed by atoms with Gasteiger partial charge in [0.05, 0.1) is 23.8 Å². The van der Waals surface area contributed by atoms with Crippen LogP contribution in [0.5, 0.6) is 0 Å². The van der Waals surface area contributed by atoms with Gasteiger partial charge in [-0.3, -0.25) is 14.9 Å². The molecule has 0 spiro atoms. The minimum Gasteiger partial charge on any atom is -0.395 e. The molecule has 2 N–H and O–H groups in total. The SMILES string of the molecule is Cc1ccc([N+](=O)[O-])cc1NC(=O)CN(CCO)c1ccccc1. The first-order valence-electron chi connectivity index (χ1n) is 7.47. The van der Waals surface area contributed by atoms with Gasteiger partial charge in [0.25, 0.3) is 5.69 Å². The Labute approximate surface area is 139 Å². The van der Waals surface area contributed by atoms with E-state index >= 15 is 0 Å². The number of rotatable bonds is 7. The third-order valence-electron chi connectivity index (χ3n) is 3.53. The highest BCUT2D eigenvalue weighted by molar-refractivity contribution is 5.95. The molecule has 0 aromatic heterocycles. The van der Waals surface area contributed by atoms with Crippen LogP contribution in [-0.2, 0) is 4.79 Å². The Kier molecular flexibility index (Phi) is 5.86. The normalized spacial score (nSPS) is 10.2. The highest BCUT2D eigenvalue weighted by atomic mass is 16.6. The Morgan fingerprint density at radius 1 is 1.25 bits per heavy atom. The van der Waals surface area contributed by atoms with Crippen molar-refractivity contribution in [3.05, 3.63) is 64.2 Å². The first kappa shape index (κ1) is 17.4. The van der Waals surface area contributed by atoms with E-state index in [1.165, 1.54) is 12.1 Å². The van der Waals surface area contributed by atoms with Crippen LogP contribution in [0.1, 0.15) is 5.56 Å². The maximum absolute atomic E-state index is 12.3. The third kappa shape index (κ3) is 4.53. The fourth-order valence-corrected chi connectivity index (χ4v) is 2.28. The molecule has 0 saturated carbocycles. The summed E-state index contributed by atoms with van der Waals surface area (Å²) in [4.78, 5) is 24.4. The van der Waals surface area contributed by atoms with E-state index in [0.29, 0.717) is 12.2 Å². The molecule has 0 heterocycles. The lowest BCUT2D eigenvalue weighted by molar-refractivity contribution is -0.384. The molecule has 0 aliphatic heterocycles. The summed E-state index contributed by atoms with van der Waals surface area (Å²) in [5.41, 5.74) is 1.89. The number of carbonyl (C=O) groups excluding carboxylic acids is 1. The van der Waals surface area contributed by atoms with Gasteiger partial charge in [0, 0.05) is 24.4 Å². The number of aryl methyl sites for hydroxylation is 1. The average molecular weight is 329 g/mol. The maximum Gasteiger partial charge on any atom is 0.271 e. The molecule has 0 bridgehead atoms. The fourth-order valence-electron chi connectivity index (χ4n) is 2.28. The minimum atomic E-state index is -0.503. The molecule has 0 saturated heterocycles. The number of amides is 1. The van der Waals surface area contributed by atoms with Crippen LogP contribution in [0.25, 0.3) is 0 Å². The summed E-state index contributed by atoms with van der Waals surface area (Å²) in [6.07, 6.45) is 0. The highest BCUT2D eigenvalue weighted by Crippen LogP contribution is 2.22. The van der Waals surface area contributed by atoms with Crippen molar-refractivity contribution in [2.24, 2.45) is 0 Å². The molecule has 0 unspecified atom stereocenters. The van der Waals surface area contributed by atoms with E-state index in [9.17, 15) is 20.0 Å². The predicted octanol–water partition coefficient (Wildman–Crippen LogP) is 2.34. The number of nitro benzene ring substituents is 1. The van der Waals surface area contributed by atoms with Crippen LogP contribution in [-0.4, -0.2) is 35.6 Å². The molecule has 0 aliphatic carbocycles. The van der Waals surface area contributed by atoms with Crippen LogP contribution in [0.2, 0.25) is 0 Å². The maximum atomic E-state index is 12.3. The fraction of sp³-hybridized carbons (Fsp3) is 0.235. The summed E-state index contributed by atoms with van der Waals surface area (Å²) in [6, 6.07) is 13.6. The van der Waals surface area contributed by atoms with E-state index in [1.807, 2.05) is 30.3 Å². The van der Waals surface area contributed by atoms with Gasteiger partial charge in [-0.15, -0.1) is 0 Å². The summed E-state index contributed by atoms with van der Waals surface area (Å²) in [5.74, 6) is -0.309. The van der Waals surface area contributed by atoms with Gasteiger partial charge >= 0.3 is 0 Å². The van der Waals surface area contributed by atoms with Gasteiger partial charge in [0.2, 0.25) is 5.91 Å². The van der Waals surface area contributed by atoms with Crippen LogP contribution >= 0.6 is 0 Å². The second-order valence-electron chi connectivity index (χ2n) is 5.29. The molecule has 0 atom stereocenters. The number of nitrogens with one attached hydrogen (secondary N) is 1. The van der Waals surface area contributed by atoms with Gasteiger partial charge < -0.3 is 15.3 Å². The molecule has 2 aromatic rings. The van der Waals surface area contributed by atoms with Crippen molar-refractivity contribution in [3.8, 4) is 0 Å². The van der Waals surface area contributed by atoms with Crippen molar-refractivity contribution >= 4 is 23.0 Å². The number of carbonyl (C=O) groups is 1. The second kappa shape index (κ2) is 8.07. The highest BCUT2D eigenvalue weighted by Gasteiger charge is 2.14. The number of nitrogens with zero attached hydrogens (tertiary/aromatic N) is 2.